The minimum Gasteiger partial charge on any atom is -0.374 e. The molecule has 0 radical (unpaired) electrons. The molecule has 112 valence electrons. The summed E-state index contributed by atoms with van der Waals surface area (Å²) in [7, 11) is 2.11. The summed E-state index contributed by atoms with van der Waals surface area (Å²) in [6.07, 6.45) is 6.47. The molecule has 3 heteroatoms. The van der Waals surface area contributed by atoms with Gasteiger partial charge < -0.3 is 10.2 Å². The van der Waals surface area contributed by atoms with Gasteiger partial charge >= 0.3 is 0 Å². The lowest BCUT2D eigenvalue weighted by Gasteiger charge is -2.35. The summed E-state index contributed by atoms with van der Waals surface area (Å²) in [4.78, 5) is 2.26. The van der Waals surface area contributed by atoms with Crippen molar-refractivity contribution >= 4 is 5.69 Å². The molecule has 2 atom stereocenters. The van der Waals surface area contributed by atoms with Crippen molar-refractivity contribution in [3.05, 3.63) is 30.1 Å². The molecule has 0 aromatic heterocycles. The highest BCUT2D eigenvalue weighted by Gasteiger charge is 2.25. The van der Waals surface area contributed by atoms with E-state index >= 15 is 0 Å². The zero-order chi connectivity index (χ0) is 14.4. The highest BCUT2D eigenvalue weighted by molar-refractivity contribution is 5.45. The van der Waals surface area contributed by atoms with Crippen molar-refractivity contribution < 1.29 is 4.39 Å². The van der Waals surface area contributed by atoms with Crippen LogP contribution in [0.2, 0.25) is 0 Å². The molecule has 0 spiro atoms. The van der Waals surface area contributed by atoms with Gasteiger partial charge in [-0.1, -0.05) is 19.8 Å². The summed E-state index contributed by atoms with van der Waals surface area (Å²) in [5.41, 5.74) is 1.10. The average Bonchev–Trinajstić information content (AvgIpc) is 2.47. The second kappa shape index (κ2) is 7.63. The lowest BCUT2D eigenvalue weighted by atomic mass is 9.84. The van der Waals surface area contributed by atoms with Gasteiger partial charge in [-0.15, -0.1) is 0 Å². The summed E-state index contributed by atoms with van der Waals surface area (Å²) >= 11 is 0. The number of nitrogens with one attached hydrogen (secondary N) is 1. The van der Waals surface area contributed by atoms with Crippen molar-refractivity contribution in [3.8, 4) is 0 Å². The molecule has 2 nitrogen and oxygen atoms in total. The molecule has 1 aromatic rings. The monoisotopic (exact) mass is 278 g/mol. The first-order valence-electron chi connectivity index (χ1n) is 7.90. The van der Waals surface area contributed by atoms with Gasteiger partial charge in [-0.3, -0.25) is 0 Å². The second-order valence-electron chi connectivity index (χ2n) is 5.96. The molecule has 1 aliphatic carbocycles. The standard InChI is InChI=1S/C17H27FN2/c1-3-12-19-17-7-5-4-6-14(17)13-20(2)16-10-8-15(18)9-11-16/h8-11,14,17,19H,3-7,12-13H2,1-2H3. The predicted octanol–water partition coefficient (Wildman–Crippen LogP) is 3.82. The molecule has 0 amide bonds. The molecule has 1 aromatic carbocycles. The van der Waals surface area contributed by atoms with E-state index in [1.165, 1.54) is 32.1 Å². The van der Waals surface area contributed by atoms with Crippen LogP contribution >= 0.6 is 0 Å². The van der Waals surface area contributed by atoms with Crippen LogP contribution in [-0.4, -0.2) is 26.2 Å². The molecule has 1 fully saturated rings. The van der Waals surface area contributed by atoms with E-state index in [1.54, 1.807) is 12.1 Å². The van der Waals surface area contributed by atoms with Gasteiger partial charge in [0.25, 0.3) is 0 Å². The highest BCUT2D eigenvalue weighted by atomic mass is 19.1. The molecule has 0 aliphatic heterocycles. The number of anilines is 1. The van der Waals surface area contributed by atoms with Crippen molar-refractivity contribution in [1.82, 2.24) is 5.32 Å². The third-order valence-corrected chi connectivity index (χ3v) is 4.34. The van der Waals surface area contributed by atoms with E-state index in [9.17, 15) is 4.39 Å². The van der Waals surface area contributed by atoms with Crippen LogP contribution in [0.4, 0.5) is 10.1 Å². The molecule has 2 rings (SSSR count). The number of halogens is 1. The van der Waals surface area contributed by atoms with Crippen LogP contribution in [0.25, 0.3) is 0 Å². The minimum atomic E-state index is -0.165. The highest BCUT2D eigenvalue weighted by Crippen LogP contribution is 2.26. The van der Waals surface area contributed by atoms with E-state index in [0.717, 1.165) is 18.8 Å². The number of rotatable bonds is 6. The van der Waals surface area contributed by atoms with Gasteiger partial charge in [0, 0.05) is 25.3 Å². The van der Waals surface area contributed by atoms with Gasteiger partial charge in [0.05, 0.1) is 0 Å². The molecule has 20 heavy (non-hydrogen) atoms. The summed E-state index contributed by atoms with van der Waals surface area (Å²) in [6.45, 7) is 4.38. The number of hydrogen-bond donors (Lipinski definition) is 1. The first-order valence-corrected chi connectivity index (χ1v) is 7.90. The Morgan fingerprint density at radius 1 is 1.20 bits per heavy atom. The Kier molecular flexibility index (Phi) is 5.84. The molecule has 0 heterocycles. The minimum absolute atomic E-state index is 0.165. The lowest BCUT2D eigenvalue weighted by Crippen LogP contribution is -2.43. The van der Waals surface area contributed by atoms with E-state index in [1.807, 2.05) is 12.1 Å². The maximum Gasteiger partial charge on any atom is 0.123 e. The van der Waals surface area contributed by atoms with Crippen molar-refractivity contribution in [2.75, 3.05) is 25.0 Å². The van der Waals surface area contributed by atoms with E-state index in [2.05, 4.69) is 24.2 Å². The number of nitrogens with zero attached hydrogens (tertiary/aromatic N) is 1. The third kappa shape index (κ3) is 4.20. The van der Waals surface area contributed by atoms with E-state index < -0.39 is 0 Å². The van der Waals surface area contributed by atoms with Gasteiger partial charge in [-0.25, -0.2) is 4.39 Å². The summed E-state index contributed by atoms with van der Waals surface area (Å²) in [5.74, 6) is 0.535. The van der Waals surface area contributed by atoms with Gasteiger partial charge in [0.1, 0.15) is 5.82 Å². The Balaban J connectivity index is 1.93. The van der Waals surface area contributed by atoms with Crippen LogP contribution in [0, 0.1) is 11.7 Å². The normalized spacial score (nSPS) is 22.8. The van der Waals surface area contributed by atoms with Gasteiger partial charge in [0.15, 0.2) is 0 Å². The Bertz CT molecular complexity index is 390. The van der Waals surface area contributed by atoms with Gasteiger partial charge in [-0.05, 0) is 56.0 Å². The van der Waals surface area contributed by atoms with Crippen LogP contribution in [-0.2, 0) is 0 Å². The molecular formula is C17H27FN2. The van der Waals surface area contributed by atoms with Crippen LogP contribution < -0.4 is 10.2 Å². The molecule has 1 saturated carbocycles. The summed E-state index contributed by atoms with van der Waals surface area (Å²) in [5, 5.41) is 3.70. The fourth-order valence-corrected chi connectivity index (χ4v) is 3.18. The Morgan fingerprint density at radius 2 is 1.90 bits per heavy atom. The Labute approximate surface area is 122 Å². The van der Waals surface area contributed by atoms with Crippen LogP contribution in [0.1, 0.15) is 39.0 Å². The fraction of sp³-hybridized carbons (Fsp3) is 0.647. The van der Waals surface area contributed by atoms with E-state index in [-0.39, 0.29) is 5.82 Å². The number of hydrogen-bond acceptors (Lipinski definition) is 2. The molecule has 1 N–H and O–H groups in total. The lowest BCUT2D eigenvalue weighted by molar-refractivity contribution is 0.266. The SMILES string of the molecule is CCCNC1CCCCC1CN(C)c1ccc(F)cc1. The summed E-state index contributed by atoms with van der Waals surface area (Å²) < 4.78 is 13.0. The summed E-state index contributed by atoms with van der Waals surface area (Å²) in [6, 6.07) is 7.46. The zero-order valence-electron chi connectivity index (χ0n) is 12.7. The largest absolute Gasteiger partial charge is 0.374 e. The fourth-order valence-electron chi connectivity index (χ4n) is 3.18. The smallest absolute Gasteiger partial charge is 0.123 e. The quantitative estimate of drug-likeness (QED) is 0.851. The predicted molar refractivity (Wildman–Crippen MR) is 83.7 cm³/mol. The van der Waals surface area contributed by atoms with Crippen molar-refractivity contribution in [2.24, 2.45) is 5.92 Å². The van der Waals surface area contributed by atoms with Gasteiger partial charge in [-0.2, -0.15) is 0 Å². The van der Waals surface area contributed by atoms with Crippen molar-refractivity contribution in [3.63, 3.8) is 0 Å². The zero-order valence-corrected chi connectivity index (χ0v) is 12.7. The number of benzene rings is 1. The van der Waals surface area contributed by atoms with Crippen LogP contribution in [0.5, 0.6) is 0 Å². The Hall–Kier alpha value is -1.09. The van der Waals surface area contributed by atoms with E-state index in [0.29, 0.717) is 12.0 Å². The average molecular weight is 278 g/mol. The molecule has 0 bridgehead atoms. The van der Waals surface area contributed by atoms with Crippen molar-refractivity contribution in [1.29, 1.82) is 0 Å². The molecular weight excluding hydrogens is 251 g/mol. The first-order chi connectivity index (χ1) is 9.70. The molecule has 2 unspecified atom stereocenters. The molecule has 0 saturated heterocycles. The van der Waals surface area contributed by atoms with Crippen LogP contribution in [0.3, 0.4) is 0 Å². The van der Waals surface area contributed by atoms with Crippen LogP contribution in [0.15, 0.2) is 24.3 Å². The Morgan fingerprint density at radius 3 is 2.60 bits per heavy atom. The van der Waals surface area contributed by atoms with E-state index in [4.69, 9.17) is 0 Å². The third-order valence-electron chi connectivity index (χ3n) is 4.34. The first kappa shape index (κ1) is 15.3. The topological polar surface area (TPSA) is 15.3 Å². The maximum absolute atomic E-state index is 13.0. The van der Waals surface area contributed by atoms with Crippen molar-refractivity contribution in [2.45, 2.75) is 45.1 Å². The second-order valence-corrected chi connectivity index (χ2v) is 5.96. The molecule has 1 aliphatic rings. The maximum atomic E-state index is 13.0. The van der Waals surface area contributed by atoms with Gasteiger partial charge in [0.2, 0.25) is 0 Å².